The lowest BCUT2D eigenvalue weighted by atomic mass is 9.94. The average molecular weight is 276 g/mol. The van der Waals surface area contributed by atoms with Crippen LogP contribution in [0.15, 0.2) is 11.7 Å². The zero-order valence-corrected chi connectivity index (χ0v) is 12.1. The van der Waals surface area contributed by atoms with Crippen molar-refractivity contribution in [3.63, 3.8) is 0 Å². The molecule has 5 heteroatoms. The third-order valence-electron chi connectivity index (χ3n) is 4.00. The first-order valence-electron chi connectivity index (χ1n) is 6.93. The molecule has 0 aliphatic carbocycles. The molecule has 1 fully saturated rings. The summed E-state index contributed by atoms with van der Waals surface area (Å²) in [5.74, 6) is 1.91. The molecular weight excluding hydrogens is 256 g/mol. The second kappa shape index (κ2) is 5.43. The van der Waals surface area contributed by atoms with Gasteiger partial charge in [0.25, 0.3) is 0 Å². The summed E-state index contributed by atoms with van der Waals surface area (Å²) in [5.41, 5.74) is 8.01. The SMILES string of the molecule is Cc1csc2c(N3CCC(CCN)CC3)ncnc12. The Morgan fingerprint density at radius 3 is 2.89 bits per heavy atom. The Hall–Kier alpha value is -1.20. The van der Waals surface area contributed by atoms with Crippen LogP contribution in [-0.2, 0) is 0 Å². The van der Waals surface area contributed by atoms with Gasteiger partial charge in [0.2, 0.25) is 0 Å². The Kier molecular flexibility index (Phi) is 3.66. The highest BCUT2D eigenvalue weighted by molar-refractivity contribution is 7.18. The zero-order chi connectivity index (χ0) is 13.2. The fraction of sp³-hybridized carbons (Fsp3) is 0.571. The number of hydrogen-bond donors (Lipinski definition) is 1. The van der Waals surface area contributed by atoms with Crippen LogP contribution in [0.5, 0.6) is 0 Å². The van der Waals surface area contributed by atoms with Crippen LogP contribution in [0.4, 0.5) is 5.82 Å². The summed E-state index contributed by atoms with van der Waals surface area (Å²) in [6.07, 6.45) is 5.31. The van der Waals surface area contributed by atoms with Gasteiger partial charge in [-0.3, -0.25) is 0 Å². The molecule has 0 aromatic carbocycles. The standard InChI is InChI=1S/C14H20N4S/c1-10-8-19-13-12(10)16-9-17-14(13)18-6-3-11(2-5-15)4-7-18/h8-9,11H,2-7,15H2,1H3. The highest BCUT2D eigenvalue weighted by Crippen LogP contribution is 2.33. The van der Waals surface area contributed by atoms with Crippen LogP contribution in [0.25, 0.3) is 10.2 Å². The van der Waals surface area contributed by atoms with E-state index >= 15 is 0 Å². The summed E-state index contributed by atoms with van der Waals surface area (Å²) in [6, 6.07) is 0. The Morgan fingerprint density at radius 1 is 1.37 bits per heavy atom. The third kappa shape index (κ3) is 2.44. The van der Waals surface area contributed by atoms with Gasteiger partial charge >= 0.3 is 0 Å². The topological polar surface area (TPSA) is 55.0 Å². The van der Waals surface area contributed by atoms with Crippen molar-refractivity contribution in [3.05, 3.63) is 17.3 Å². The van der Waals surface area contributed by atoms with Crippen LogP contribution >= 0.6 is 11.3 Å². The molecule has 0 amide bonds. The van der Waals surface area contributed by atoms with Gasteiger partial charge in [-0.15, -0.1) is 11.3 Å². The number of thiophene rings is 1. The predicted molar refractivity (Wildman–Crippen MR) is 80.8 cm³/mol. The smallest absolute Gasteiger partial charge is 0.150 e. The molecule has 0 radical (unpaired) electrons. The molecule has 0 bridgehead atoms. The van der Waals surface area contributed by atoms with E-state index in [1.165, 1.54) is 23.1 Å². The second-order valence-corrected chi connectivity index (χ2v) is 6.18. The van der Waals surface area contributed by atoms with E-state index in [4.69, 9.17) is 5.73 Å². The van der Waals surface area contributed by atoms with Gasteiger partial charge in [0.05, 0.1) is 10.2 Å². The van der Waals surface area contributed by atoms with Crippen LogP contribution in [0, 0.1) is 12.8 Å². The minimum absolute atomic E-state index is 0.795. The number of hydrogen-bond acceptors (Lipinski definition) is 5. The predicted octanol–water partition coefficient (Wildman–Crippen LogP) is 2.56. The summed E-state index contributed by atoms with van der Waals surface area (Å²) in [7, 11) is 0. The normalized spacial score (nSPS) is 17.3. The molecule has 1 aliphatic heterocycles. The number of anilines is 1. The maximum absolute atomic E-state index is 5.65. The van der Waals surface area contributed by atoms with Crippen molar-refractivity contribution in [3.8, 4) is 0 Å². The molecule has 3 heterocycles. The molecule has 1 aliphatic rings. The number of aromatic nitrogens is 2. The summed E-state index contributed by atoms with van der Waals surface area (Å²) >= 11 is 1.76. The van der Waals surface area contributed by atoms with Gasteiger partial charge in [-0.1, -0.05) is 0 Å². The van der Waals surface area contributed by atoms with Crippen LogP contribution in [-0.4, -0.2) is 29.6 Å². The lowest BCUT2D eigenvalue weighted by molar-refractivity contribution is 0.385. The van der Waals surface area contributed by atoms with Gasteiger partial charge in [-0.05, 0) is 49.6 Å². The number of aryl methyl sites for hydroxylation is 1. The Morgan fingerprint density at radius 2 is 2.16 bits per heavy atom. The fourth-order valence-corrected chi connectivity index (χ4v) is 3.87. The lowest BCUT2D eigenvalue weighted by Crippen LogP contribution is -2.34. The minimum Gasteiger partial charge on any atom is -0.355 e. The molecule has 2 aromatic rings. The molecule has 4 nitrogen and oxygen atoms in total. The van der Waals surface area contributed by atoms with E-state index in [1.807, 2.05) is 0 Å². The zero-order valence-electron chi connectivity index (χ0n) is 11.3. The molecule has 0 atom stereocenters. The summed E-state index contributed by atoms with van der Waals surface area (Å²) in [5, 5.41) is 2.17. The van der Waals surface area contributed by atoms with Gasteiger partial charge in [0.1, 0.15) is 12.1 Å². The molecule has 1 saturated heterocycles. The van der Waals surface area contributed by atoms with E-state index in [9.17, 15) is 0 Å². The van der Waals surface area contributed by atoms with Crippen LogP contribution in [0.3, 0.4) is 0 Å². The maximum Gasteiger partial charge on any atom is 0.150 e. The first-order valence-corrected chi connectivity index (χ1v) is 7.81. The van der Waals surface area contributed by atoms with Crippen molar-refractivity contribution in [1.29, 1.82) is 0 Å². The van der Waals surface area contributed by atoms with E-state index in [0.29, 0.717) is 0 Å². The molecule has 0 saturated carbocycles. The van der Waals surface area contributed by atoms with Crippen LogP contribution in [0.2, 0.25) is 0 Å². The largest absolute Gasteiger partial charge is 0.355 e. The van der Waals surface area contributed by atoms with E-state index < -0.39 is 0 Å². The second-order valence-electron chi connectivity index (χ2n) is 5.30. The Bertz CT molecular complexity index is 558. The van der Waals surface area contributed by atoms with Crippen LogP contribution < -0.4 is 10.6 Å². The number of piperidine rings is 1. The molecule has 0 unspecified atom stereocenters. The van der Waals surface area contributed by atoms with Gasteiger partial charge in [-0.25, -0.2) is 9.97 Å². The fourth-order valence-electron chi connectivity index (χ4n) is 2.85. The van der Waals surface area contributed by atoms with Crippen molar-refractivity contribution in [2.24, 2.45) is 11.7 Å². The molecule has 2 aromatic heterocycles. The molecular formula is C14H20N4S. The van der Waals surface area contributed by atoms with Crippen molar-refractivity contribution in [1.82, 2.24) is 9.97 Å². The van der Waals surface area contributed by atoms with E-state index in [1.54, 1.807) is 17.7 Å². The minimum atomic E-state index is 0.795. The third-order valence-corrected chi connectivity index (χ3v) is 5.08. The Balaban J connectivity index is 1.82. The molecule has 19 heavy (non-hydrogen) atoms. The van der Waals surface area contributed by atoms with Crippen molar-refractivity contribution < 1.29 is 0 Å². The molecule has 102 valence electrons. The van der Waals surface area contributed by atoms with Gasteiger partial charge in [0, 0.05) is 13.1 Å². The molecule has 3 rings (SSSR count). The van der Waals surface area contributed by atoms with Crippen molar-refractivity contribution in [2.45, 2.75) is 26.2 Å². The number of fused-ring (bicyclic) bond motifs is 1. The Labute approximate surface area is 117 Å². The first kappa shape index (κ1) is 12.8. The summed E-state index contributed by atoms with van der Waals surface area (Å²) in [6.45, 7) is 5.11. The van der Waals surface area contributed by atoms with E-state index in [0.717, 1.165) is 43.3 Å². The van der Waals surface area contributed by atoms with Gasteiger partial charge in [0.15, 0.2) is 0 Å². The molecule has 0 spiro atoms. The number of rotatable bonds is 3. The quantitative estimate of drug-likeness (QED) is 0.936. The van der Waals surface area contributed by atoms with Gasteiger partial charge in [-0.2, -0.15) is 0 Å². The summed E-state index contributed by atoms with van der Waals surface area (Å²) in [4.78, 5) is 11.3. The van der Waals surface area contributed by atoms with Gasteiger partial charge < -0.3 is 10.6 Å². The highest BCUT2D eigenvalue weighted by Gasteiger charge is 2.21. The highest BCUT2D eigenvalue weighted by atomic mass is 32.1. The lowest BCUT2D eigenvalue weighted by Gasteiger charge is -2.32. The number of nitrogens with two attached hydrogens (primary N) is 1. The van der Waals surface area contributed by atoms with Crippen molar-refractivity contribution in [2.75, 3.05) is 24.5 Å². The van der Waals surface area contributed by atoms with E-state index in [-0.39, 0.29) is 0 Å². The summed E-state index contributed by atoms with van der Waals surface area (Å²) < 4.78 is 1.23. The van der Waals surface area contributed by atoms with Crippen molar-refractivity contribution >= 4 is 27.4 Å². The number of nitrogens with zero attached hydrogens (tertiary/aromatic N) is 3. The van der Waals surface area contributed by atoms with E-state index in [2.05, 4.69) is 27.2 Å². The average Bonchev–Trinajstić information content (AvgIpc) is 2.82. The maximum atomic E-state index is 5.65. The monoisotopic (exact) mass is 276 g/mol. The molecule has 2 N–H and O–H groups in total. The first-order chi connectivity index (χ1) is 9.29. The van der Waals surface area contributed by atoms with Crippen LogP contribution in [0.1, 0.15) is 24.8 Å².